The number of aromatic nitrogens is 3. The molecule has 5 heterocycles. The molecule has 2 saturated heterocycles. The van der Waals surface area contributed by atoms with Gasteiger partial charge in [-0.3, -0.25) is 9.35 Å². The van der Waals surface area contributed by atoms with E-state index in [2.05, 4.69) is 44.4 Å². The molecule has 12 nitrogen and oxygen atoms in total. The van der Waals surface area contributed by atoms with E-state index >= 15 is 0 Å². The lowest BCUT2D eigenvalue weighted by atomic mass is 9.97. The zero-order chi connectivity index (χ0) is 32.4. The molecule has 4 aliphatic rings. The summed E-state index contributed by atoms with van der Waals surface area (Å²) in [7, 11) is -0.545. The fraction of sp³-hybridized carbons (Fsp3) is 0.529. The van der Waals surface area contributed by atoms with Crippen molar-refractivity contribution < 1.29 is 27.2 Å². The van der Waals surface area contributed by atoms with Crippen LogP contribution in [0.4, 0.5) is 5.69 Å². The fourth-order valence-corrected chi connectivity index (χ4v) is 8.50. The Morgan fingerprint density at radius 1 is 1.00 bits per heavy atom. The second-order valence-corrected chi connectivity index (χ2v) is 14.9. The van der Waals surface area contributed by atoms with Crippen molar-refractivity contribution in [1.82, 2.24) is 23.3 Å². The van der Waals surface area contributed by atoms with E-state index in [9.17, 15) is 17.8 Å². The van der Waals surface area contributed by atoms with Crippen molar-refractivity contribution in [3.63, 3.8) is 0 Å². The van der Waals surface area contributed by atoms with Crippen LogP contribution in [0, 0.1) is 5.92 Å². The molecule has 13 heteroatoms. The van der Waals surface area contributed by atoms with E-state index < -0.39 is 16.3 Å². The Balaban J connectivity index is 1.12. The molecule has 3 fully saturated rings. The highest BCUT2D eigenvalue weighted by molar-refractivity contribution is 7.83. The van der Waals surface area contributed by atoms with E-state index in [-0.39, 0.29) is 32.2 Å². The summed E-state index contributed by atoms with van der Waals surface area (Å²) in [5, 5.41) is 1.19. The normalized spacial score (nSPS) is 21.7. The predicted octanol–water partition coefficient (Wildman–Crippen LogP) is 3.72. The van der Waals surface area contributed by atoms with E-state index in [0.717, 1.165) is 64.9 Å². The Morgan fingerprint density at radius 3 is 2.55 bits per heavy atom. The molecule has 1 atom stereocenters. The Morgan fingerprint density at radius 2 is 1.81 bits per heavy atom. The van der Waals surface area contributed by atoms with Gasteiger partial charge in [-0.15, -0.1) is 0 Å². The van der Waals surface area contributed by atoms with Crippen molar-refractivity contribution in [2.45, 2.75) is 50.8 Å². The zero-order valence-electron chi connectivity index (χ0n) is 27.0. The van der Waals surface area contributed by atoms with Gasteiger partial charge in [-0.25, -0.2) is 4.98 Å². The van der Waals surface area contributed by atoms with Gasteiger partial charge >= 0.3 is 10.3 Å². The number of ether oxygens (including phenoxy) is 2. The number of aryl methyl sites for hydroxylation is 1. The Hall–Kier alpha value is -3.49. The average molecular weight is 663 g/mol. The number of carbonyl (C=O) groups is 1. The molecule has 0 bridgehead atoms. The topological polar surface area (TPSA) is 122 Å². The molecule has 4 aromatic rings. The van der Waals surface area contributed by atoms with Gasteiger partial charge in [0.1, 0.15) is 0 Å². The molecule has 3 aliphatic heterocycles. The van der Waals surface area contributed by atoms with Gasteiger partial charge in [0.2, 0.25) is 0 Å². The third-order valence-corrected chi connectivity index (χ3v) is 11.6. The van der Waals surface area contributed by atoms with Crippen LogP contribution >= 0.6 is 0 Å². The number of fused-ring (bicyclic) bond motifs is 3. The van der Waals surface area contributed by atoms with Crippen molar-refractivity contribution >= 4 is 43.8 Å². The lowest BCUT2D eigenvalue weighted by molar-refractivity contribution is 0.0142. The molecule has 0 radical (unpaired) electrons. The number of benzene rings is 2. The first kappa shape index (κ1) is 30.8. The van der Waals surface area contributed by atoms with Gasteiger partial charge in [0.25, 0.3) is 5.91 Å². The molecule has 47 heavy (non-hydrogen) atoms. The van der Waals surface area contributed by atoms with Crippen LogP contribution in [0.1, 0.15) is 41.6 Å². The third-order valence-electron chi connectivity index (χ3n) is 10.6. The summed E-state index contributed by atoms with van der Waals surface area (Å²) in [5.41, 5.74) is 6.82. The maximum Gasteiger partial charge on any atom is 0.336 e. The Labute approximate surface area is 274 Å². The summed E-state index contributed by atoms with van der Waals surface area (Å²) in [6.45, 7) is 3.93. The van der Waals surface area contributed by atoms with E-state index in [1.54, 1.807) is 12.0 Å². The quantitative estimate of drug-likeness (QED) is 0.284. The van der Waals surface area contributed by atoms with Gasteiger partial charge < -0.3 is 28.4 Å². The molecule has 0 unspecified atom stereocenters. The lowest BCUT2D eigenvalue weighted by Gasteiger charge is -2.37. The monoisotopic (exact) mass is 662 g/mol. The Bertz CT molecular complexity index is 1960. The average Bonchev–Trinajstić information content (AvgIpc) is 3.75. The Kier molecular flexibility index (Phi) is 7.79. The van der Waals surface area contributed by atoms with Crippen LogP contribution in [0.5, 0.6) is 0 Å². The van der Waals surface area contributed by atoms with Crippen LogP contribution < -0.4 is 4.90 Å². The number of morpholine rings is 1. The highest BCUT2D eigenvalue weighted by Crippen LogP contribution is 2.38. The van der Waals surface area contributed by atoms with Gasteiger partial charge in [0.05, 0.1) is 47.6 Å². The van der Waals surface area contributed by atoms with E-state index in [1.165, 1.54) is 29.4 Å². The summed E-state index contributed by atoms with van der Waals surface area (Å²) in [6, 6.07) is 12.4. The molecule has 2 aromatic heterocycles. The number of imidazole rings is 1. The molecule has 2 aromatic carbocycles. The van der Waals surface area contributed by atoms with E-state index in [4.69, 9.17) is 14.5 Å². The molecular formula is C34H42N6O6S. The summed E-state index contributed by atoms with van der Waals surface area (Å²) in [4.78, 5) is 23.0. The highest BCUT2D eigenvalue weighted by Gasteiger charge is 2.36. The number of carbonyl (C=O) groups excluding carboxylic acids is 1. The van der Waals surface area contributed by atoms with Gasteiger partial charge in [-0.1, -0.05) is 6.07 Å². The van der Waals surface area contributed by atoms with E-state index in [0.29, 0.717) is 30.6 Å². The van der Waals surface area contributed by atoms with Gasteiger partial charge in [0.15, 0.2) is 5.82 Å². The summed E-state index contributed by atoms with van der Waals surface area (Å²) in [6.07, 6.45) is 5.53. The van der Waals surface area contributed by atoms with Crippen molar-refractivity contribution in [2.24, 2.45) is 13.0 Å². The van der Waals surface area contributed by atoms with Crippen LogP contribution in [-0.4, -0.2) is 107 Å². The van der Waals surface area contributed by atoms with Crippen molar-refractivity contribution in [3.8, 4) is 11.5 Å². The SMILES string of the molecule is COC1CCN(c2ccc3cc(-c4nc5cc6c(cc5n4C)CCN(C[C@H]4COCCN4S(=O)(=O)O)C6=O)n(CC4CC4)c3c2)CC1. The number of amides is 1. The molecule has 0 spiro atoms. The molecule has 1 aliphatic carbocycles. The summed E-state index contributed by atoms with van der Waals surface area (Å²) < 4.78 is 50.4. The number of hydrogen-bond donors (Lipinski definition) is 1. The van der Waals surface area contributed by atoms with Crippen molar-refractivity contribution in [3.05, 3.63) is 47.5 Å². The molecule has 250 valence electrons. The third kappa shape index (κ3) is 5.71. The lowest BCUT2D eigenvalue weighted by Crippen LogP contribution is -2.55. The summed E-state index contributed by atoms with van der Waals surface area (Å²) >= 11 is 0. The summed E-state index contributed by atoms with van der Waals surface area (Å²) in [5.74, 6) is 1.38. The van der Waals surface area contributed by atoms with Crippen LogP contribution in [-0.2, 0) is 39.8 Å². The number of rotatable bonds is 8. The molecule has 8 rings (SSSR count). The van der Waals surface area contributed by atoms with Crippen LogP contribution in [0.3, 0.4) is 0 Å². The van der Waals surface area contributed by atoms with Crippen LogP contribution in [0.15, 0.2) is 36.4 Å². The number of anilines is 1. The smallest absolute Gasteiger partial charge is 0.336 e. The fourth-order valence-electron chi connectivity index (χ4n) is 7.69. The van der Waals surface area contributed by atoms with Gasteiger partial charge in [-0.2, -0.15) is 12.7 Å². The van der Waals surface area contributed by atoms with Crippen LogP contribution in [0.25, 0.3) is 33.5 Å². The number of piperidine rings is 1. The second kappa shape index (κ2) is 11.9. The van der Waals surface area contributed by atoms with Crippen molar-refractivity contribution in [2.75, 3.05) is 57.9 Å². The molecular weight excluding hydrogens is 620 g/mol. The second-order valence-electron chi connectivity index (χ2n) is 13.6. The molecule has 1 saturated carbocycles. The minimum Gasteiger partial charge on any atom is -0.381 e. The standard InChI is InChI=1S/C34H42N6O6S/c1-36-31-15-23-7-10-38(20-26-21-46-14-13-40(26)47(42,43)44)34(41)28(23)18-29(31)35-33(36)32-16-24-5-6-25(37-11-8-27(45-2)9-12-37)17-30(24)39(32)19-22-3-4-22/h5-6,15-18,22,26-27H,3-4,7-14,19-21H2,1-2H3,(H,42,43,44)/t26-/m0/s1. The minimum atomic E-state index is -4.40. The van der Waals surface area contributed by atoms with Gasteiger partial charge in [-0.05, 0) is 73.9 Å². The maximum absolute atomic E-state index is 13.8. The maximum atomic E-state index is 13.8. The first-order valence-corrected chi connectivity index (χ1v) is 18.1. The number of methoxy groups -OCH3 is 1. The largest absolute Gasteiger partial charge is 0.381 e. The zero-order valence-corrected chi connectivity index (χ0v) is 27.8. The molecule has 1 amide bonds. The van der Waals surface area contributed by atoms with E-state index in [1.807, 2.05) is 13.1 Å². The minimum absolute atomic E-state index is 0.0608. The first-order chi connectivity index (χ1) is 22.7. The first-order valence-electron chi connectivity index (χ1n) is 16.7. The molecule has 1 N–H and O–H groups in total. The van der Waals surface area contributed by atoms with Crippen LogP contribution in [0.2, 0.25) is 0 Å². The highest BCUT2D eigenvalue weighted by atomic mass is 32.2. The van der Waals surface area contributed by atoms with Gasteiger partial charge in [0, 0.05) is 70.1 Å². The predicted molar refractivity (Wildman–Crippen MR) is 179 cm³/mol. The van der Waals surface area contributed by atoms with Crippen molar-refractivity contribution in [1.29, 1.82) is 0 Å². The number of hydrogen-bond acceptors (Lipinski definition) is 7. The number of nitrogens with zero attached hydrogens (tertiary/aromatic N) is 6.